The summed E-state index contributed by atoms with van der Waals surface area (Å²) in [5.74, 6) is 4.49. The van der Waals surface area contributed by atoms with Gasteiger partial charge in [-0.3, -0.25) is 9.98 Å². The number of nitrogens with zero attached hydrogens (tertiary/aromatic N) is 4. The third-order valence-corrected chi connectivity index (χ3v) is 21.3. The largest absolute Gasteiger partial charge is 0.344 e. The van der Waals surface area contributed by atoms with Crippen LogP contribution in [-0.2, 0) is 0 Å². The van der Waals surface area contributed by atoms with Crippen LogP contribution in [0.2, 0.25) is 0 Å². The van der Waals surface area contributed by atoms with Crippen LogP contribution in [0.3, 0.4) is 0 Å². The zero-order valence-corrected chi connectivity index (χ0v) is 53.5. The summed E-state index contributed by atoms with van der Waals surface area (Å²) < 4.78 is 5.67. The molecule has 4 saturated carbocycles. The van der Waals surface area contributed by atoms with Gasteiger partial charge in [-0.15, -0.1) is 0 Å². The van der Waals surface area contributed by atoms with E-state index in [0.29, 0.717) is 47.8 Å². The molecule has 0 aliphatic heterocycles. The second-order valence-corrected chi connectivity index (χ2v) is 30.6. The number of rotatable bonds is 16. The van der Waals surface area contributed by atoms with Crippen molar-refractivity contribution >= 4 is 50.1 Å². The lowest BCUT2D eigenvalue weighted by atomic mass is 9.90. The Morgan fingerprint density at radius 2 is 0.654 bits per heavy atom. The minimum Gasteiger partial charge on any atom is -0.344 e. The van der Waals surface area contributed by atoms with Crippen LogP contribution in [0.5, 0.6) is 0 Å². The van der Waals surface area contributed by atoms with Gasteiger partial charge in [-0.05, 0) is 97.3 Å². The van der Waals surface area contributed by atoms with Gasteiger partial charge in [0.05, 0.1) is 12.1 Å². The summed E-state index contributed by atoms with van der Waals surface area (Å²) in [6.45, 7) is 33.0. The summed E-state index contributed by atoms with van der Waals surface area (Å²) >= 11 is 0. The monoisotopic (exact) mass is 1090 g/mol. The number of nitrogens with one attached hydrogen (secondary N) is 2. The predicted molar refractivity (Wildman–Crippen MR) is 347 cm³/mol. The second-order valence-electron chi connectivity index (χ2n) is 27.0. The summed E-state index contributed by atoms with van der Waals surface area (Å²) in [4.78, 5) is 11.4. The van der Waals surface area contributed by atoms with Gasteiger partial charge in [-0.2, -0.15) is 0 Å². The molecule has 0 spiro atoms. The van der Waals surface area contributed by atoms with E-state index in [9.17, 15) is 0 Å². The van der Waals surface area contributed by atoms with Gasteiger partial charge in [-0.1, -0.05) is 271 Å². The molecule has 428 valence electrons. The smallest absolute Gasteiger partial charge is 0.127 e. The highest BCUT2D eigenvalue weighted by atomic mass is 31.1. The van der Waals surface area contributed by atoms with Crippen LogP contribution in [0.25, 0.3) is 0 Å². The molecule has 2 N–H and O–H groups in total. The van der Waals surface area contributed by atoms with Gasteiger partial charge < -0.3 is 19.5 Å². The van der Waals surface area contributed by atoms with E-state index in [1.54, 1.807) is 0 Å². The Kier molecular flexibility index (Phi) is 23.3. The molecule has 4 aliphatic carbocycles. The predicted octanol–water partition coefficient (Wildman–Crippen LogP) is 20.8. The van der Waals surface area contributed by atoms with Crippen molar-refractivity contribution in [2.45, 2.75) is 273 Å². The molecular formula is C70H108N6P2. The van der Waals surface area contributed by atoms with Crippen LogP contribution in [-0.4, -0.2) is 45.2 Å². The molecule has 2 atom stereocenters. The number of hydrogen-bond acceptors (Lipinski definition) is 4. The van der Waals surface area contributed by atoms with E-state index in [1.165, 1.54) is 184 Å². The van der Waals surface area contributed by atoms with Crippen molar-refractivity contribution in [2.75, 3.05) is 10.2 Å². The molecule has 8 heteroatoms. The van der Waals surface area contributed by atoms with Crippen molar-refractivity contribution < 1.29 is 0 Å². The van der Waals surface area contributed by atoms with Crippen molar-refractivity contribution in [2.24, 2.45) is 20.8 Å². The number of amidine groups is 2. The first-order chi connectivity index (χ1) is 37.3. The molecule has 4 fully saturated rings. The van der Waals surface area contributed by atoms with Crippen molar-refractivity contribution in [3.8, 4) is 0 Å². The third-order valence-electron chi connectivity index (χ3n) is 17.0. The Hall–Kier alpha value is -3.72. The van der Waals surface area contributed by atoms with Crippen LogP contribution < -0.4 is 20.8 Å². The standard InChI is InChI=1S/2C35H54N3P/c2*1-26(2)31-24-17-25-32(27(3)4)33(31)37-39(30-22-15-10-16-23-30)38(29-20-13-9-14-21-29)34(35(5,6)7)36-28-18-11-8-12-19-28/h2*10,15-17,22-29,37H,8-9,11-14,18-21H2,1-7H3/t2*39-/m11/s1. The molecule has 78 heavy (non-hydrogen) atoms. The van der Waals surface area contributed by atoms with E-state index < -0.39 is 16.4 Å². The molecule has 0 saturated heterocycles. The Labute approximate surface area is 480 Å². The minimum absolute atomic E-state index is 0.0234. The van der Waals surface area contributed by atoms with E-state index in [-0.39, 0.29) is 10.8 Å². The highest BCUT2D eigenvalue weighted by Gasteiger charge is 2.40. The Bertz CT molecular complexity index is 2230. The fourth-order valence-corrected chi connectivity index (χ4v) is 17.7. The lowest BCUT2D eigenvalue weighted by molar-refractivity contribution is 0.316. The number of para-hydroxylation sites is 2. The highest BCUT2D eigenvalue weighted by molar-refractivity contribution is 7.65. The number of anilines is 2. The van der Waals surface area contributed by atoms with Crippen LogP contribution in [0.4, 0.5) is 11.4 Å². The van der Waals surface area contributed by atoms with Gasteiger partial charge in [0, 0.05) is 44.9 Å². The molecule has 0 aromatic heterocycles. The lowest BCUT2D eigenvalue weighted by Crippen LogP contribution is -2.47. The zero-order valence-electron chi connectivity index (χ0n) is 51.7. The average Bonchev–Trinajstić information content (AvgIpc) is 3.44. The van der Waals surface area contributed by atoms with Gasteiger partial charge in [0.1, 0.15) is 28.1 Å². The quantitative estimate of drug-likeness (QED) is 0.0667. The molecule has 6 nitrogen and oxygen atoms in total. The Morgan fingerprint density at radius 3 is 0.910 bits per heavy atom. The van der Waals surface area contributed by atoms with Crippen LogP contribution in [0.1, 0.15) is 271 Å². The SMILES string of the molecule is CC(C)c1cccc(C(C)C)c1N[P@@](c1ccccc1)N(C(=NC1CCCCC1)C(C)(C)C)C1CCCCC1.CC(C)c1cccc(C(C)C)c1N[P@@](c1ccccc1)N(C(=NC1CCCCC1)C(C)(C)C)C1CCCCC1. The average molecular weight is 1100 g/mol. The summed E-state index contributed by atoms with van der Waals surface area (Å²) in [5.41, 5.74) is 8.36. The second kappa shape index (κ2) is 29.3. The maximum Gasteiger partial charge on any atom is 0.127 e. The van der Waals surface area contributed by atoms with Crippen molar-refractivity contribution in [1.82, 2.24) is 9.34 Å². The van der Waals surface area contributed by atoms with E-state index in [2.05, 4.69) is 214 Å². The number of benzene rings is 4. The van der Waals surface area contributed by atoms with Gasteiger partial charge in [0.2, 0.25) is 0 Å². The first kappa shape index (κ1) is 61.9. The maximum atomic E-state index is 5.70. The van der Waals surface area contributed by atoms with E-state index >= 15 is 0 Å². The first-order valence-electron chi connectivity index (χ1n) is 31.6. The first-order valence-corrected chi connectivity index (χ1v) is 34.2. The maximum absolute atomic E-state index is 5.70. The highest BCUT2D eigenvalue weighted by Crippen LogP contribution is 2.52. The summed E-state index contributed by atoms with van der Waals surface area (Å²) in [6.07, 6.45) is 26.0. The normalized spacial score (nSPS) is 18.9. The minimum atomic E-state index is -0.878. The fourth-order valence-electron chi connectivity index (χ4n) is 12.7. The molecule has 8 rings (SSSR count). The van der Waals surface area contributed by atoms with Crippen LogP contribution in [0, 0.1) is 10.8 Å². The molecule has 0 heterocycles. The number of aliphatic imine (C=N–C) groups is 2. The zero-order chi connectivity index (χ0) is 56.0. The van der Waals surface area contributed by atoms with Gasteiger partial charge >= 0.3 is 0 Å². The molecular weight excluding hydrogens is 987 g/mol. The van der Waals surface area contributed by atoms with Crippen molar-refractivity contribution in [3.05, 3.63) is 119 Å². The molecule has 4 aromatic rings. The fraction of sp³-hybridized carbons (Fsp3) is 0.629. The van der Waals surface area contributed by atoms with E-state index in [1.807, 2.05) is 0 Å². The molecule has 4 aromatic carbocycles. The molecule has 0 bridgehead atoms. The van der Waals surface area contributed by atoms with Crippen molar-refractivity contribution in [3.63, 3.8) is 0 Å². The molecule has 0 unspecified atom stereocenters. The molecule has 0 amide bonds. The van der Waals surface area contributed by atoms with Gasteiger partial charge in [0.15, 0.2) is 0 Å². The third kappa shape index (κ3) is 16.7. The van der Waals surface area contributed by atoms with Crippen molar-refractivity contribution in [1.29, 1.82) is 0 Å². The Balaban J connectivity index is 0.000000226. The van der Waals surface area contributed by atoms with Crippen LogP contribution in [0.15, 0.2) is 107 Å². The molecule has 4 aliphatic rings. The number of hydrogen-bond donors (Lipinski definition) is 2. The molecule has 0 radical (unpaired) electrons. The summed E-state index contributed by atoms with van der Waals surface area (Å²) in [5, 5.41) is 11.4. The summed E-state index contributed by atoms with van der Waals surface area (Å²) in [7, 11) is -1.76. The lowest BCUT2D eigenvalue weighted by Gasteiger charge is -2.46. The summed E-state index contributed by atoms with van der Waals surface area (Å²) in [6, 6.07) is 38.4. The van der Waals surface area contributed by atoms with Gasteiger partial charge in [0.25, 0.3) is 0 Å². The Morgan fingerprint density at radius 1 is 0.385 bits per heavy atom. The van der Waals surface area contributed by atoms with E-state index in [0.717, 1.165) is 0 Å². The topological polar surface area (TPSA) is 55.3 Å². The van der Waals surface area contributed by atoms with Gasteiger partial charge in [-0.25, -0.2) is 0 Å². The van der Waals surface area contributed by atoms with E-state index in [4.69, 9.17) is 9.98 Å². The van der Waals surface area contributed by atoms with Crippen LogP contribution >= 0.6 is 16.4 Å².